The lowest BCUT2D eigenvalue weighted by Gasteiger charge is -2.53. The van der Waals surface area contributed by atoms with Crippen molar-refractivity contribution in [2.45, 2.75) is 52.1 Å². The van der Waals surface area contributed by atoms with Crippen molar-refractivity contribution in [2.24, 2.45) is 18.4 Å². The van der Waals surface area contributed by atoms with Gasteiger partial charge in [0.15, 0.2) is 11.6 Å². The Labute approximate surface area is 202 Å². The van der Waals surface area contributed by atoms with Crippen molar-refractivity contribution in [3.8, 4) is 5.75 Å². The average Bonchev–Trinajstić information content (AvgIpc) is 3.06. The molecule has 1 aromatic carbocycles. The fourth-order valence-electron chi connectivity index (χ4n) is 6.46. The standard InChI is InChI=1S/C27H29N3O5/c1-6-8-16-9-7-10-18(23(16)32)21-17-11-12-29-25(34)28(5)26(35)30(29)20(17)13-19-22(31)14(2)15(3)24(33)27(19,21)4/h6-7,9-11,19-21,32H,1,8,12-13H2,2-5H3/t19-,20+,21+,27+/m0/s1. The highest BCUT2D eigenvalue weighted by molar-refractivity contribution is 6.15. The van der Waals surface area contributed by atoms with E-state index in [4.69, 9.17) is 0 Å². The van der Waals surface area contributed by atoms with Crippen molar-refractivity contribution in [2.75, 3.05) is 0 Å². The van der Waals surface area contributed by atoms with Gasteiger partial charge in [0.05, 0.1) is 18.0 Å². The monoisotopic (exact) mass is 475 g/mol. The summed E-state index contributed by atoms with van der Waals surface area (Å²) < 4.78 is 3.87. The Bertz CT molecular complexity index is 1500. The minimum Gasteiger partial charge on any atom is -0.507 e. The molecule has 0 spiro atoms. The molecule has 1 fully saturated rings. The number of rotatable bonds is 3. The molecule has 0 bridgehead atoms. The quantitative estimate of drug-likeness (QED) is 0.688. The van der Waals surface area contributed by atoms with Crippen LogP contribution in [0.1, 0.15) is 50.3 Å². The van der Waals surface area contributed by atoms with E-state index in [0.29, 0.717) is 28.7 Å². The number of benzene rings is 1. The molecule has 2 aliphatic carbocycles. The maximum Gasteiger partial charge on any atom is 0.347 e. The van der Waals surface area contributed by atoms with Crippen LogP contribution in [0, 0.1) is 11.3 Å². The van der Waals surface area contributed by atoms with Crippen LogP contribution in [0.25, 0.3) is 0 Å². The number of phenols is 1. The Morgan fingerprint density at radius 3 is 2.54 bits per heavy atom. The number of carbonyl (C=O) groups is 2. The molecule has 1 saturated carbocycles. The van der Waals surface area contributed by atoms with E-state index in [1.54, 1.807) is 32.1 Å². The minimum absolute atomic E-state index is 0.0616. The highest BCUT2D eigenvalue weighted by atomic mass is 16.3. The molecule has 1 aliphatic heterocycles. The average molecular weight is 476 g/mol. The van der Waals surface area contributed by atoms with E-state index in [1.165, 1.54) is 16.4 Å². The second kappa shape index (κ2) is 7.66. The zero-order valence-corrected chi connectivity index (χ0v) is 20.4. The largest absolute Gasteiger partial charge is 0.507 e. The van der Waals surface area contributed by atoms with E-state index in [1.807, 2.05) is 19.1 Å². The lowest BCUT2D eigenvalue weighted by atomic mass is 9.50. The van der Waals surface area contributed by atoms with E-state index in [-0.39, 0.29) is 30.3 Å². The maximum absolute atomic E-state index is 13.9. The molecule has 4 atom stereocenters. The molecule has 0 unspecified atom stereocenters. The smallest absolute Gasteiger partial charge is 0.347 e. The molecule has 5 rings (SSSR count). The maximum atomic E-state index is 13.9. The van der Waals surface area contributed by atoms with E-state index < -0.39 is 34.7 Å². The van der Waals surface area contributed by atoms with Crippen LogP contribution in [0.3, 0.4) is 0 Å². The fourth-order valence-corrected chi connectivity index (χ4v) is 6.46. The van der Waals surface area contributed by atoms with Crippen molar-refractivity contribution in [1.82, 2.24) is 13.9 Å². The Morgan fingerprint density at radius 2 is 1.86 bits per heavy atom. The number of aromatic hydroxyl groups is 1. The van der Waals surface area contributed by atoms with E-state index in [0.717, 1.165) is 10.1 Å². The van der Waals surface area contributed by atoms with E-state index in [2.05, 4.69) is 6.58 Å². The van der Waals surface area contributed by atoms with Gasteiger partial charge >= 0.3 is 11.4 Å². The first-order chi connectivity index (χ1) is 16.5. The van der Waals surface area contributed by atoms with Crippen LogP contribution in [0.15, 0.2) is 63.2 Å². The van der Waals surface area contributed by atoms with E-state index in [9.17, 15) is 24.3 Å². The van der Waals surface area contributed by atoms with Crippen LogP contribution in [-0.4, -0.2) is 30.6 Å². The number of phenolic OH excluding ortho intramolecular Hbond substituents is 1. The lowest BCUT2D eigenvalue weighted by Crippen LogP contribution is -2.55. The third-order valence-electron chi connectivity index (χ3n) is 8.45. The Balaban J connectivity index is 1.83. The molecule has 0 radical (unpaired) electrons. The molecule has 1 N–H and O–H groups in total. The van der Waals surface area contributed by atoms with Crippen LogP contribution in [0.4, 0.5) is 0 Å². The number of hydrogen-bond donors (Lipinski definition) is 1. The van der Waals surface area contributed by atoms with Gasteiger partial charge in [-0.2, -0.15) is 0 Å². The summed E-state index contributed by atoms with van der Waals surface area (Å²) in [5, 5.41) is 11.3. The van der Waals surface area contributed by atoms with Gasteiger partial charge in [0.1, 0.15) is 5.75 Å². The van der Waals surface area contributed by atoms with Gasteiger partial charge in [-0.05, 0) is 49.0 Å². The summed E-state index contributed by atoms with van der Waals surface area (Å²) in [6, 6.07) is 4.83. The fraction of sp³-hybridized carbons (Fsp3) is 0.407. The molecule has 0 saturated heterocycles. The Morgan fingerprint density at radius 1 is 1.14 bits per heavy atom. The first kappa shape index (κ1) is 23.1. The van der Waals surface area contributed by atoms with Crippen LogP contribution in [0.2, 0.25) is 0 Å². The first-order valence-corrected chi connectivity index (χ1v) is 11.8. The molecule has 182 valence electrons. The molecule has 0 amide bonds. The molecule has 1 aromatic heterocycles. The van der Waals surface area contributed by atoms with Crippen molar-refractivity contribution in [1.29, 1.82) is 0 Å². The predicted octanol–water partition coefficient (Wildman–Crippen LogP) is 2.56. The van der Waals surface area contributed by atoms with Gasteiger partial charge in [-0.25, -0.2) is 23.5 Å². The van der Waals surface area contributed by atoms with Crippen molar-refractivity contribution in [3.63, 3.8) is 0 Å². The van der Waals surface area contributed by atoms with Crippen molar-refractivity contribution < 1.29 is 14.7 Å². The zero-order chi connectivity index (χ0) is 25.4. The number of carbonyl (C=O) groups excluding carboxylic acids is 2. The number of nitrogens with zero attached hydrogens (tertiary/aromatic N) is 3. The number of fused-ring (bicyclic) bond motifs is 4. The number of allylic oxidation sites excluding steroid dienone is 5. The highest BCUT2D eigenvalue weighted by Gasteiger charge is 2.60. The third-order valence-corrected chi connectivity index (χ3v) is 8.45. The van der Waals surface area contributed by atoms with Gasteiger partial charge in [0.2, 0.25) is 0 Å². The molecule has 8 nitrogen and oxygen atoms in total. The summed E-state index contributed by atoms with van der Waals surface area (Å²) >= 11 is 0. The second-order valence-electron chi connectivity index (χ2n) is 10.1. The predicted molar refractivity (Wildman–Crippen MR) is 130 cm³/mol. The molecule has 2 aromatic rings. The lowest BCUT2D eigenvalue weighted by molar-refractivity contribution is -0.140. The number of aromatic nitrogens is 3. The molecule has 35 heavy (non-hydrogen) atoms. The third kappa shape index (κ3) is 2.85. The van der Waals surface area contributed by atoms with Crippen molar-refractivity contribution >= 4 is 11.6 Å². The van der Waals surface area contributed by atoms with Gasteiger partial charge in [0.25, 0.3) is 0 Å². The normalized spacial score (nSPS) is 27.8. The number of hydrogen-bond acceptors (Lipinski definition) is 5. The summed E-state index contributed by atoms with van der Waals surface area (Å²) in [5.74, 6) is -1.54. The first-order valence-electron chi connectivity index (χ1n) is 11.8. The molecule has 2 heterocycles. The summed E-state index contributed by atoms with van der Waals surface area (Å²) in [7, 11) is 1.43. The Hall–Kier alpha value is -3.68. The highest BCUT2D eigenvalue weighted by Crippen LogP contribution is 2.61. The van der Waals surface area contributed by atoms with Crippen LogP contribution >= 0.6 is 0 Å². The number of ketones is 2. The van der Waals surface area contributed by atoms with E-state index >= 15 is 0 Å². The molecule has 8 heteroatoms. The summed E-state index contributed by atoms with van der Waals surface area (Å²) in [6.45, 7) is 9.10. The van der Waals surface area contributed by atoms with Gasteiger partial charge in [-0.15, -0.1) is 6.58 Å². The SMILES string of the molecule is C=CCc1cccc([C@H]2C3=CCn4c(=O)n(C)c(=O)n4[C@@H]3C[C@H]3C(=O)C(C)=C(C)C(=O)[C@@]23C)c1O. The number of para-hydroxylation sites is 1. The second-order valence-corrected chi connectivity index (χ2v) is 10.1. The Kier molecular flexibility index (Phi) is 5.05. The zero-order valence-electron chi connectivity index (χ0n) is 20.4. The van der Waals surface area contributed by atoms with Gasteiger partial charge in [0, 0.05) is 24.4 Å². The van der Waals surface area contributed by atoms with Gasteiger partial charge < -0.3 is 5.11 Å². The van der Waals surface area contributed by atoms with Gasteiger partial charge in [-0.3, -0.25) is 9.59 Å². The number of Topliss-reactive ketones (excluding diaryl/α,β-unsaturated/α-hetero) is 2. The minimum atomic E-state index is -1.14. The van der Waals surface area contributed by atoms with Crippen molar-refractivity contribution in [3.05, 3.63) is 85.7 Å². The van der Waals surface area contributed by atoms with Crippen LogP contribution < -0.4 is 11.4 Å². The van der Waals surface area contributed by atoms with Crippen LogP contribution in [-0.2, 0) is 29.6 Å². The molecular weight excluding hydrogens is 446 g/mol. The summed E-state index contributed by atoms with van der Waals surface area (Å²) in [4.78, 5) is 53.3. The summed E-state index contributed by atoms with van der Waals surface area (Å²) in [6.07, 6.45) is 4.25. The van der Waals surface area contributed by atoms with Crippen LogP contribution in [0.5, 0.6) is 5.75 Å². The molecule has 3 aliphatic rings. The summed E-state index contributed by atoms with van der Waals surface area (Å²) in [5.41, 5.74) is 0.819. The topological polar surface area (TPSA) is 103 Å². The molecular formula is C27H29N3O5. The van der Waals surface area contributed by atoms with Gasteiger partial charge in [-0.1, -0.05) is 37.3 Å².